The number of thioether (sulfide) groups is 1. The number of nitrogens with zero attached hydrogens (tertiary/aromatic N) is 3. The van der Waals surface area contributed by atoms with Crippen LogP contribution in [0.3, 0.4) is 0 Å². The second kappa shape index (κ2) is 6.81. The number of aromatic nitrogens is 3. The van der Waals surface area contributed by atoms with Crippen molar-refractivity contribution in [2.45, 2.75) is 22.1 Å². The van der Waals surface area contributed by atoms with E-state index in [1.807, 2.05) is 13.2 Å². The van der Waals surface area contributed by atoms with Crippen molar-refractivity contribution in [3.63, 3.8) is 0 Å². The maximum absolute atomic E-state index is 9.59. The van der Waals surface area contributed by atoms with Gasteiger partial charge in [0.2, 0.25) is 15.7 Å². The number of rotatable bonds is 5. The average molecular weight is 333 g/mol. The fourth-order valence-corrected chi connectivity index (χ4v) is 1.47. The van der Waals surface area contributed by atoms with Gasteiger partial charge in [0, 0.05) is 6.54 Å². The van der Waals surface area contributed by atoms with Crippen LogP contribution < -0.4 is 10.6 Å². The van der Waals surface area contributed by atoms with E-state index in [2.05, 4.69) is 25.6 Å². The average Bonchev–Trinajstić information content (AvgIpc) is 2.27. The van der Waals surface area contributed by atoms with Crippen molar-refractivity contribution < 1.29 is 5.11 Å². The highest BCUT2D eigenvalue weighted by molar-refractivity contribution is 7.98. The maximum atomic E-state index is 9.59. The third kappa shape index (κ3) is 4.81. The van der Waals surface area contributed by atoms with Crippen LogP contribution in [0, 0.1) is 0 Å². The molecule has 0 saturated heterocycles. The number of nitrogens with one attached hydrogen (secondary N) is 2. The lowest BCUT2D eigenvalue weighted by Crippen LogP contribution is -2.34. The summed E-state index contributed by atoms with van der Waals surface area (Å²) in [6.07, 6.45) is 0.398. The van der Waals surface area contributed by atoms with E-state index in [4.69, 9.17) is 34.8 Å². The van der Waals surface area contributed by atoms with Gasteiger partial charge in [-0.2, -0.15) is 15.0 Å². The summed E-state index contributed by atoms with van der Waals surface area (Å²) in [5, 5.41) is 15.5. The van der Waals surface area contributed by atoms with E-state index in [9.17, 15) is 5.11 Å². The SMILES string of the molecule is CCNc1nc(NC(O)C(Cl)(Cl)Cl)nc(SC)n1. The number of anilines is 2. The number of hydrogen-bond acceptors (Lipinski definition) is 7. The zero-order valence-electron chi connectivity index (χ0n) is 9.62. The molecule has 0 amide bonds. The minimum Gasteiger partial charge on any atom is -0.369 e. The minimum atomic E-state index is -1.87. The summed E-state index contributed by atoms with van der Waals surface area (Å²) < 4.78 is -1.87. The summed E-state index contributed by atoms with van der Waals surface area (Å²) >= 11 is 17.9. The minimum absolute atomic E-state index is 0.129. The Labute approximate surface area is 124 Å². The molecule has 1 aromatic rings. The van der Waals surface area contributed by atoms with Crippen molar-refractivity contribution >= 4 is 58.5 Å². The highest BCUT2D eigenvalue weighted by atomic mass is 35.6. The third-order valence-electron chi connectivity index (χ3n) is 1.71. The second-order valence-electron chi connectivity index (χ2n) is 3.09. The van der Waals surface area contributed by atoms with E-state index in [0.717, 1.165) is 0 Å². The molecule has 1 rings (SSSR count). The Kier molecular flexibility index (Phi) is 6.00. The van der Waals surface area contributed by atoms with Crippen LogP contribution in [0.1, 0.15) is 6.92 Å². The fourth-order valence-electron chi connectivity index (χ4n) is 0.954. The van der Waals surface area contributed by atoms with Crippen molar-refractivity contribution in [1.82, 2.24) is 15.0 Å². The van der Waals surface area contributed by atoms with Gasteiger partial charge in [0.1, 0.15) is 0 Å². The smallest absolute Gasteiger partial charge is 0.234 e. The van der Waals surface area contributed by atoms with Crippen LogP contribution in [-0.2, 0) is 0 Å². The van der Waals surface area contributed by atoms with Crippen molar-refractivity contribution in [3.8, 4) is 0 Å². The van der Waals surface area contributed by atoms with Gasteiger partial charge in [-0.05, 0) is 13.2 Å². The Hall–Kier alpha value is -0.210. The summed E-state index contributed by atoms with van der Waals surface area (Å²) in [5.74, 6) is 0.514. The van der Waals surface area contributed by atoms with E-state index >= 15 is 0 Å². The van der Waals surface area contributed by atoms with Crippen LogP contribution >= 0.6 is 46.6 Å². The van der Waals surface area contributed by atoms with Gasteiger partial charge < -0.3 is 15.7 Å². The number of halogens is 3. The van der Waals surface area contributed by atoms with Gasteiger partial charge >= 0.3 is 0 Å². The van der Waals surface area contributed by atoms with Crippen LogP contribution in [0.5, 0.6) is 0 Å². The molecule has 0 aliphatic heterocycles. The molecule has 0 fully saturated rings. The van der Waals surface area contributed by atoms with Crippen LogP contribution in [0.4, 0.5) is 11.9 Å². The largest absolute Gasteiger partial charge is 0.369 e. The molecule has 10 heteroatoms. The normalized spacial score (nSPS) is 13.2. The summed E-state index contributed by atoms with van der Waals surface area (Å²) in [4.78, 5) is 12.2. The quantitative estimate of drug-likeness (QED) is 0.433. The molecule has 1 unspecified atom stereocenters. The Bertz CT molecular complexity index is 403. The van der Waals surface area contributed by atoms with Crippen molar-refractivity contribution in [2.75, 3.05) is 23.4 Å². The molecule has 0 aliphatic carbocycles. The first-order valence-electron chi connectivity index (χ1n) is 4.92. The van der Waals surface area contributed by atoms with Gasteiger partial charge in [-0.15, -0.1) is 0 Å². The molecule has 1 aromatic heterocycles. The van der Waals surface area contributed by atoms with E-state index in [-0.39, 0.29) is 5.95 Å². The zero-order valence-corrected chi connectivity index (χ0v) is 12.7. The van der Waals surface area contributed by atoms with Gasteiger partial charge in [-0.3, -0.25) is 0 Å². The third-order valence-corrected chi connectivity index (χ3v) is 2.88. The van der Waals surface area contributed by atoms with Crippen LogP contribution in [0.2, 0.25) is 0 Å². The lowest BCUT2D eigenvalue weighted by Gasteiger charge is -2.20. The monoisotopic (exact) mass is 331 g/mol. The Morgan fingerprint density at radius 2 is 1.89 bits per heavy atom. The van der Waals surface area contributed by atoms with Crippen LogP contribution in [0.15, 0.2) is 5.16 Å². The molecular formula is C8H12Cl3N5OS. The van der Waals surface area contributed by atoms with Gasteiger partial charge in [-0.25, -0.2) is 0 Å². The number of alkyl halides is 3. The Morgan fingerprint density at radius 1 is 1.28 bits per heavy atom. The molecule has 0 aromatic carbocycles. The lowest BCUT2D eigenvalue weighted by molar-refractivity contribution is 0.207. The predicted octanol–water partition coefficient (Wildman–Crippen LogP) is 2.13. The van der Waals surface area contributed by atoms with Gasteiger partial charge in [-0.1, -0.05) is 46.6 Å². The summed E-state index contributed by atoms with van der Waals surface area (Å²) in [7, 11) is 0. The molecule has 0 aliphatic rings. The summed E-state index contributed by atoms with van der Waals surface area (Å²) in [6.45, 7) is 2.57. The van der Waals surface area contributed by atoms with E-state index in [0.29, 0.717) is 17.6 Å². The summed E-state index contributed by atoms with van der Waals surface area (Å²) in [6, 6.07) is 0. The van der Waals surface area contributed by atoms with Crippen molar-refractivity contribution in [3.05, 3.63) is 0 Å². The highest BCUT2D eigenvalue weighted by Gasteiger charge is 2.31. The van der Waals surface area contributed by atoms with Crippen LogP contribution in [-0.4, -0.2) is 42.9 Å². The molecule has 1 heterocycles. The standard InChI is InChI=1S/C8H12Cl3N5OS/c1-3-12-5-14-6(16-7(15-5)18-2)13-4(17)8(9,10)11/h4,17H,3H2,1-2H3,(H2,12,13,14,15,16). The predicted molar refractivity (Wildman–Crippen MR) is 75.7 cm³/mol. The Balaban J connectivity index is 2.90. The molecule has 6 nitrogen and oxygen atoms in total. The molecule has 0 saturated carbocycles. The number of aliphatic hydroxyl groups excluding tert-OH is 1. The van der Waals surface area contributed by atoms with Gasteiger partial charge in [0.25, 0.3) is 0 Å². The molecule has 0 radical (unpaired) electrons. The first-order valence-corrected chi connectivity index (χ1v) is 7.28. The lowest BCUT2D eigenvalue weighted by atomic mass is 10.6. The number of aliphatic hydroxyl groups is 1. The second-order valence-corrected chi connectivity index (χ2v) is 6.23. The first-order chi connectivity index (χ1) is 8.36. The molecule has 0 bridgehead atoms. The highest BCUT2D eigenvalue weighted by Crippen LogP contribution is 2.30. The first kappa shape index (κ1) is 15.8. The van der Waals surface area contributed by atoms with E-state index < -0.39 is 10.0 Å². The number of hydrogen-bond donors (Lipinski definition) is 3. The molecule has 1 atom stereocenters. The maximum Gasteiger partial charge on any atom is 0.234 e. The molecule has 102 valence electrons. The van der Waals surface area contributed by atoms with Gasteiger partial charge in [0.15, 0.2) is 11.4 Å². The van der Waals surface area contributed by atoms with Crippen LogP contribution in [0.25, 0.3) is 0 Å². The Morgan fingerprint density at radius 3 is 2.39 bits per heavy atom. The van der Waals surface area contributed by atoms with E-state index in [1.165, 1.54) is 11.8 Å². The molecular weight excluding hydrogens is 321 g/mol. The van der Waals surface area contributed by atoms with Crippen molar-refractivity contribution in [2.24, 2.45) is 0 Å². The molecule has 0 spiro atoms. The molecule has 18 heavy (non-hydrogen) atoms. The zero-order chi connectivity index (χ0) is 13.8. The van der Waals surface area contributed by atoms with E-state index in [1.54, 1.807) is 0 Å². The van der Waals surface area contributed by atoms with Gasteiger partial charge in [0.05, 0.1) is 0 Å². The summed E-state index contributed by atoms with van der Waals surface area (Å²) in [5.41, 5.74) is 0. The fraction of sp³-hybridized carbons (Fsp3) is 0.625. The van der Waals surface area contributed by atoms with Crippen molar-refractivity contribution in [1.29, 1.82) is 0 Å². The molecule has 3 N–H and O–H groups in total. The topological polar surface area (TPSA) is 83.0 Å².